The molecule has 16 heavy (non-hydrogen) atoms. The van der Waals surface area contributed by atoms with Crippen LogP contribution in [0.15, 0.2) is 27.2 Å². The van der Waals surface area contributed by atoms with Crippen LogP contribution in [0, 0.1) is 0 Å². The molecule has 0 unspecified atom stereocenters. The average Bonchev–Trinajstić information content (AvgIpc) is 2.71. The van der Waals surface area contributed by atoms with E-state index in [0.29, 0.717) is 35.3 Å². The summed E-state index contributed by atoms with van der Waals surface area (Å²) in [5.74, 6) is 1.00. The first kappa shape index (κ1) is 11.6. The Hall–Kier alpha value is -0.910. The highest BCUT2D eigenvalue weighted by atomic mass is 79.9. The van der Waals surface area contributed by atoms with Crippen molar-refractivity contribution in [2.24, 2.45) is 5.73 Å². The lowest BCUT2D eigenvalue weighted by Gasteiger charge is -1.98. The summed E-state index contributed by atoms with van der Waals surface area (Å²) in [6.45, 7) is 0.491. The lowest BCUT2D eigenvalue weighted by molar-refractivity contribution is 0.422. The van der Waals surface area contributed by atoms with Gasteiger partial charge in [-0.2, -0.15) is 4.98 Å². The second-order valence-corrected chi connectivity index (χ2v) is 4.50. The van der Waals surface area contributed by atoms with Crippen molar-refractivity contribution in [2.75, 3.05) is 6.54 Å². The van der Waals surface area contributed by atoms with E-state index in [1.54, 1.807) is 6.07 Å². The predicted molar refractivity (Wildman–Crippen MR) is 65.2 cm³/mol. The fourth-order valence-electron chi connectivity index (χ4n) is 1.26. The highest BCUT2D eigenvalue weighted by Gasteiger charge is 2.12. The van der Waals surface area contributed by atoms with Crippen molar-refractivity contribution in [2.45, 2.75) is 6.42 Å². The minimum Gasteiger partial charge on any atom is -0.334 e. The van der Waals surface area contributed by atoms with E-state index in [2.05, 4.69) is 26.1 Å². The number of nitrogens with zero attached hydrogens (tertiary/aromatic N) is 2. The summed E-state index contributed by atoms with van der Waals surface area (Å²) in [6.07, 6.45) is 0.592. The number of aromatic nitrogens is 2. The van der Waals surface area contributed by atoms with Crippen LogP contribution in [0.5, 0.6) is 0 Å². The standard InChI is InChI=1S/C10H9BrClN3O/c11-6-1-2-8(12)7(5-6)10-14-9(3-4-13)15-16-10/h1-2,5H,3-4,13H2. The summed E-state index contributed by atoms with van der Waals surface area (Å²) in [5.41, 5.74) is 6.12. The van der Waals surface area contributed by atoms with Crippen LogP contribution in [0.4, 0.5) is 0 Å². The van der Waals surface area contributed by atoms with Crippen molar-refractivity contribution in [3.63, 3.8) is 0 Å². The maximum Gasteiger partial charge on any atom is 0.259 e. The second-order valence-electron chi connectivity index (χ2n) is 3.18. The van der Waals surface area contributed by atoms with Gasteiger partial charge in [0.15, 0.2) is 5.82 Å². The summed E-state index contributed by atoms with van der Waals surface area (Å²) >= 11 is 9.41. The average molecular weight is 303 g/mol. The molecule has 0 aliphatic heterocycles. The molecule has 0 fully saturated rings. The van der Waals surface area contributed by atoms with Crippen LogP contribution in [-0.4, -0.2) is 16.7 Å². The third kappa shape index (κ3) is 2.42. The van der Waals surface area contributed by atoms with Crippen LogP contribution in [0.2, 0.25) is 5.02 Å². The molecule has 0 atom stereocenters. The predicted octanol–water partition coefficient (Wildman–Crippen LogP) is 2.65. The van der Waals surface area contributed by atoms with E-state index in [1.165, 1.54) is 0 Å². The molecule has 0 saturated heterocycles. The van der Waals surface area contributed by atoms with Crippen molar-refractivity contribution < 1.29 is 4.52 Å². The van der Waals surface area contributed by atoms with Crippen molar-refractivity contribution >= 4 is 27.5 Å². The summed E-state index contributed by atoms with van der Waals surface area (Å²) in [5, 5.41) is 4.39. The van der Waals surface area contributed by atoms with Gasteiger partial charge in [-0.25, -0.2) is 0 Å². The molecule has 6 heteroatoms. The molecular formula is C10H9BrClN3O. The number of nitrogens with two attached hydrogens (primary N) is 1. The van der Waals surface area contributed by atoms with E-state index in [-0.39, 0.29) is 0 Å². The van der Waals surface area contributed by atoms with Crippen LogP contribution >= 0.6 is 27.5 Å². The maximum atomic E-state index is 6.04. The number of halogens is 2. The van der Waals surface area contributed by atoms with Crippen molar-refractivity contribution in [1.29, 1.82) is 0 Å². The minimum absolute atomic E-state index is 0.412. The minimum atomic E-state index is 0.412. The largest absolute Gasteiger partial charge is 0.334 e. The van der Waals surface area contributed by atoms with Gasteiger partial charge in [0.2, 0.25) is 0 Å². The summed E-state index contributed by atoms with van der Waals surface area (Å²) in [4.78, 5) is 4.21. The maximum absolute atomic E-state index is 6.04. The Morgan fingerprint density at radius 3 is 3.00 bits per heavy atom. The Morgan fingerprint density at radius 2 is 2.25 bits per heavy atom. The fraction of sp³-hybridized carbons (Fsp3) is 0.200. The molecule has 4 nitrogen and oxygen atoms in total. The van der Waals surface area contributed by atoms with E-state index in [4.69, 9.17) is 21.9 Å². The zero-order valence-corrected chi connectivity index (χ0v) is 10.6. The van der Waals surface area contributed by atoms with Gasteiger partial charge >= 0.3 is 0 Å². The van der Waals surface area contributed by atoms with Crippen LogP contribution in [-0.2, 0) is 6.42 Å². The fourth-order valence-corrected chi connectivity index (χ4v) is 1.81. The van der Waals surface area contributed by atoms with Crippen LogP contribution in [0.1, 0.15) is 5.82 Å². The number of hydrogen-bond acceptors (Lipinski definition) is 4. The molecule has 1 aromatic heterocycles. The molecule has 0 amide bonds. The highest BCUT2D eigenvalue weighted by molar-refractivity contribution is 9.10. The molecular weight excluding hydrogens is 293 g/mol. The molecule has 0 aliphatic rings. The molecule has 1 heterocycles. The van der Waals surface area contributed by atoms with Crippen molar-refractivity contribution in [3.8, 4) is 11.5 Å². The van der Waals surface area contributed by atoms with E-state index >= 15 is 0 Å². The molecule has 0 aliphatic carbocycles. The van der Waals surface area contributed by atoms with Gasteiger partial charge in [-0.1, -0.05) is 32.7 Å². The Balaban J connectivity index is 2.38. The molecule has 0 radical (unpaired) electrons. The van der Waals surface area contributed by atoms with E-state index in [1.807, 2.05) is 12.1 Å². The second kappa shape index (κ2) is 4.95. The number of hydrogen-bond donors (Lipinski definition) is 1. The Kier molecular flexibility index (Phi) is 3.58. The Morgan fingerprint density at radius 1 is 1.44 bits per heavy atom. The van der Waals surface area contributed by atoms with Crippen LogP contribution in [0.25, 0.3) is 11.5 Å². The molecule has 84 valence electrons. The zero-order valence-electron chi connectivity index (χ0n) is 8.28. The Labute approximate surface area is 106 Å². The molecule has 0 spiro atoms. The summed E-state index contributed by atoms with van der Waals surface area (Å²) < 4.78 is 6.02. The monoisotopic (exact) mass is 301 g/mol. The molecule has 2 N–H and O–H groups in total. The lowest BCUT2D eigenvalue weighted by Crippen LogP contribution is -2.03. The SMILES string of the molecule is NCCc1noc(-c2cc(Br)ccc2Cl)n1. The van der Waals surface area contributed by atoms with Gasteiger partial charge in [0.1, 0.15) is 0 Å². The smallest absolute Gasteiger partial charge is 0.259 e. The van der Waals surface area contributed by atoms with E-state index < -0.39 is 0 Å². The van der Waals surface area contributed by atoms with Gasteiger partial charge in [0, 0.05) is 10.9 Å². The van der Waals surface area contributed by atoms with Crippen molar-refractivity contribution in [1.82, 2.24) is 10.1 Å². The lowest BCUT2D eigenvalue weighted by atomic mass is 10.2. The summed E-state index contributed by atoms with van der Waals surface area (Å²) in [6, 6.07) is 5.46. The van der Waals surface area contributed by atoms with E-state index in [9.17, 15) is 0 Å². The summed E-state index contributed by atoms with van der Waals surface area (Å²) in [7, 11) is 0. The van der Waals surface area contributed by atoms with Gasteiger partial charge in [-0.15, -0.1) is 0 Å². The van der Waals surface area contributed by atoms with Crippen molar-refractivity contribution in [3.05, 3.63) is 33.5 Å². The third-order valence-corrected chi connectivity index (χ3v) is 2.82. The highest BCUT2D eigenvalue weighted by Crippen LogP contribution is 2.29. The Bertz CT molecular complexity index is 501. The molecule has 2 rings (SSSR count). The molecule has 1 aromatic carbocycles. The first-order chi connectivity index (χ1) is 7.70. The zero-order chi connectivity index (χ0) is 11.5. The number of rotatable bonds is 3. The topological polar surface area (TPSA) is 64.9 Å². The normalized spacial score (nSPS) is 10.7. The molecule has 0 bridgehead atoms. The molecule has 0 saturated carbocycles. The van der Waals surface area contributed by atoms with Gasteiger partial charge in [0.25, 0.3) is 5.89 Å². The van der Waals surface area contributed by atoms with E-state index in [0.717, 1.165) is 4.47 Å². The third-order valence-electron chi connectivity index (χ3n) is 1.99. The van der Waals surface area contributed by atoms with Gasteiger partial charge in [-0.05, 0) is 24.7 Å². The van der Waals surface area contributed by atoms with Crippen LogP contribution in [0.3, 0.4) is 0 Å². The molecule has 2 aromatic rings. The van der Waals surface area contributed by atoms with Gasteiger partial charge in [0.05, 0.1) is 10.6 Å². The quantitative estimate of drug-likeness (QED) is 0.946. The first-order valence-electron chi connectivity index (χ1n) is 4.69. The van der Waals surface area contributed by atoms with Gasteiger partial charge in [-0.3, -0.25) is 0 Å². The number of benzene rings is 1. The van der Waals surface area contributed by atoms with Gasteiger partial charge < -0.3 is 10.3 Å². The first-order valence-corrected chi connectivity index (χ1v) is 5.86. The van der Waals surface area contributed by atoms with Crippen LogP contribution < -0.4 is 5.73 Å².